The van der Waals surface area contributed by atoms with Gasteiger partial charge in [-0.1, -0.05) is 11.8 Å². The van der Waals surface area contributed by atoms with Gasteiger partial charge in [0.1, 0.15) is 0 Å². The number of aliphatic hydroxyl groups excluding tert-OH is 1. The molecule has 1 aromatic heterocycles. The second-order valence-corrected chi connectivity index (χ2v) is 4.03. The topological polar surface area (TPSA) is 46.0 Å². The van der Waals surface area contributed by atoms with Crippen LogP contribution < -0.4 is 0 Å². The van der Waals surface area contributed by atoms with Crippen molar-refractivity contribution >= 4 is 11.8 Å². The first kappa shape index (κ1) is 10.5. The van der Waals surface area contributed by atoms with Crippen LogP contribution in [-0.4, -0.2) is 26.9 Å². The van der Waals surface area contributed by atoms with E-state index in [1.54, 1.807) is 24.9 Å². The van der Waals surface area contributed by atoms with Crippen molar-refractivity contribution in [1.29, 1.82) is 0 Å². The predicted octanol–water partition coefficient (Wildman–Crippen LogP) is 1.65. The lowest BCUT2D eigenvalue weighted by molar-refractivity contribution is 0.192. The molecule has 1 atom stereocenters. The van der Waals surface area contributed by atoms with Crippen molar-refractivity contribution in [3.05, 3.63) is 18.0 Å². The van der Waals surface area contributed by atoms with E-state index in [2.05, 4.69) is 9.97 Å². The number of aryl methyl sites for hydroxylation is 1. The molecule has 0 aliphatic rings. The molecule has 0 saturated heterocycles. The molecule has 0 aromatic carbocycles. The van der Waals surface area contributed by atoms with Crippen molar-refractivity contribution in [3.63, 3.8) is 0 Å². The third kappa shape index (κ3) is 4.24. The normalized spacial score (nSPS) is 12.8. The molecule has 0 spiro atoms. The van der Waals surface area contributed by atoms with Gasteiger partial charge in [-0.3, -0.25) is 0 Å². The highest BCUT2D eigenvalue weighted by atomic mass is 32.2. The van der Waals surface area contributed by atoms with Crippen molar-refractivity contribution in [2.75, 3.05) is 5.75 Å². The molecule has 13 heavy (non-hydrogen) atoms. The molecule has 72 valence electrons. The van der Waals surface area contributed by atoms with Crippen LogP contribution in [0.2, 0.25) is 0 Å². The summed E-state index contributed by atoms with van der Waals surface area (Å²) in [6.07, 6.45) is 2.30. The fraction of sp³-hybridized carbons (Fsp3) is 0.556. The maximum atomic E-state index is 9.03. The molecule has 1 heterocycles. The molecule has 4 heteroatoms. The summed E-state index contributed by atoms with van der Waals surface area (Å²) in [7, 11) is 0. The fourth-order valence-corrected chi connectivity index (χ4v) is 1.80. The first-order valence-corrected chi connectivity index (χ1v) is 5.27. The van der Waals surface area contributed by atoms with Crippen molar-refractivity contribution in [2.24, 2.45) is 0 Å². The molecule has 0 bridgehead atoms. The van der Waals surface area contributed by atoms with Crippen molar-refractivity contribution < 1.29 is 5.11 Å². The Balaban J connectivity index is 2.37. The average molecular weight is 198 g/mol. The van der Waals surface area contributed by atoms with E-state index in [1.807, 2.05) is 13.0 Å². The molecule has 3 nitrogen and oxygen atoms in total. The SMILES string of the molecule is Cc1ccnc(SCCC(C)O)n1. The van der Waals surface area contributed by atoms with Gasteiger partial charge in [-0.05, 0) is 26.3 Å². The van der Waals surface area contributed by atoms with E-state index in [-0.39, 0.29) is 6.10 Å². The second-order valence-electron chi connectivity index (χ2n) is 2.97. The van der Waals surface area contributed by atoms with E-state index in [0.29, 0.717) is 0 Å². The minimum Gasteiger partial charge on any atom is -0.393 e. The van der Waals surface area contributed by atoms with E-state index in [0.717, 1.165) is 23.0 Å². The number of aliphatic hydroxyl groups is 1. The molecular weight excluding hydrogens is 184 g/mol. The van der Waals surface area contributed by atoms with Crippen LogP contribution in [0.4, 0.5) is 0 Å². The van der Waals surface area contributed by atoms with Gasteiger partial charge in [0.2, 0.25) is 0 Å². The van der Waals surface area contributed by atoms with Gasteiger partial charge >= 0.3 is 0 Å². The van der Waals surface area contributed by atoms with Crippen LogP contribution in [0, 0.1) is 6.92 Å². The lowest BCUT2D eigenvalue weighted by atomic mass is 10.3. The first-order chi connectivity index (χ1) is 6.18. The number of thioether (sulfide) groups is 1. The third-order valence-electron chi connectivity index (χ3n) is 1.54. The summed E-state index contributed by atoms with van der Waals surface area (Å²) in [6.45, 7) is 3.73. The Morgan fingerprint density at radius 3 is 3.00 bits per heavy atom. The highest BCUT2D eigenvalue weighted by molar-refractivity contribution is 7.99. The summed E-state index contributed by atoms with van der Waals surface area (Å²) in [5.74, 6) is 0.862. The number of hydrogen-bond acceptors (Lipinski definition) is 4. The molecule has 0 aliphatic carbocycles. The Kier molecular flexibility index (Phi) is 4.18. The summed E-state index contributed by atoms with van der Waals surface area (Å²) in [6, 6.07) is 1.87. The summed E-state index contributed by atoms with van der Waals surface area (Å²) in [4.78, 5) is 8.35. The quantitative estimate of drug-likeness (QED) is 0.590. The molecule has 1 aromatic rings. The summed E-state index contributed by atoms with van der Waals surface area (Å²) < 4.78 is 0. The van der Waals surface area contributed by atoms with Crippen molar-refractivity contribution in [1.82, 2.24) is 9.97 Å². The van der Waals surface area contributed by atoms with E-state index >= 15 is 0 Å². The van der Waals surface area contributed by atoms with Crippen LogP contribution in [0.1, 0.15) is 19.0 Å². The minimum atomic E-state index is -0.239. The molecule has 0 saturated carbocycles. The standard InChI is InChI=1S/C9H14N2OS/c1-7-3-5-10-9(11-7)13-6-4-8(2)12/h3,5,8,12H,4,6H2,1-2H3. The van der Waals surface area contributed by atoms with Gasteiger partial charge in [-0.25, -0.2) is 9.97 Å². The molecule has 1 N–H and O–H groups in total. The monoisotopic (exact) mass is 198 g/mol. The van der Waals surface area contributed by atoms with Crippen LogP contribution in [0.3, 0.4) is 0 Å². The van der Waals surface area contributed by atoms with Crippen molar-refractivity contribution in [2.45, 2.75) is 31.5 Å². The smallest absolute Gasteiger partial charge is 0.187 e. The first-order valence-electron chi connectivity index (χ1n) is 4.29. The van der Waals surface area contributed by atoms with Gasteiger partial charge in [0, 0.05) is 17.6 Å². The predicted molar refractivity (Wildman–Crippen MR) is 53.8 cm³/mol. The molecular formula is C9H14N2OS. The minimum absolute atomic E-state index is 0.239. The van der Waals surface area contributed by atoms with Crippen LogP contribution in [0.5, 0.6) is 0 Å². The van der Waals surface area contributed by atoms with E-state index in [1.165, 1.54) is 0 Å². The zero-order valence-corrected chi connectivity index (χ0v) is 8.71. The van der Waals surface area contributed by atoms with Gasteiger partial charge in [0.25, 0.3) is 0 Å². The molecule has 0 fully saturated rings. The van der Waals surface area contributed by atoms with Gasteiger partial charge < -0.3 is 5.11 Å². The van der Waals surface area contributed by atoms with Gasteiger partial charge in [-0.2, -0.15) is 0 Å². The zero-order chi connectivity index (χ0) is 9.68. The molecule has 1 unspecified atom stereocenters. The maximum absolute atomic E-state index is 9.03. The Labute approximate surface area is 82.6 Å². The van der Waals surface area contributed by atoms with Gasteiger partial charge in [0.05, 0.1) is 6.10 Å². The maximum Gasteiger partial charge on any atom is 0.187 e. The van der Waals surface area contributed by atoms with E-state index < -0.39 is 0 Å². The lowest BCUT2D eigenvalue weighted by Gasteiger charge is -2.02. The van der Waals surface area contributed by atoms with Gasteiger partial charge in [-0.15, -0.1) is 0 Å². The molecule has 0 amide bonds. The number of aromatic nitrogens is 2. The van der Waals surface area contributed by atoms with Crippen LogP contribution in [0.25, 0.3) is 0 Å². The van der Waals surface area contributed by atoms with Crippen LogP contribution >= 0.6 is 11.8 Å². The Hall–Kier alpha value is -0.610. The number of nitrogens with zero attached hydrogens (tertiary/aromatic N) is 2. The summed E-state index contributed by atoms with van der Waals surface area (Å²) in [5.41, 5.74) is 0.981. The number of hydrogen-bond donors (Lipinski definition) is 1. The Bertz CT molecular complexity index is 266. The van der Waals surface area contributed by atoms with E-state index in [4.69, 9.17) is 5.11 Å². The van der Waals surface area contributed by atoms with Crippen molar-refractivity contribution in [3.8, 4) is 0 Å². The molecule has 1 rings (SSSR count). The largest absolute Gasteiger partial charge is 0.393 e. The van der Waals surface area contributed by atoms with E-state index in [9.17, 15) is 0 Å². The Morgan fingerprint density at radius 1 is 1.62 bits per heavy atom. The summed E-state index contributed by atoms with van der Waals surface area (Å²) >= 11 is 1.58. The van der Waals surface area contributed by atoms with Gasteiger partial charge in [0.15, 0.2) is 5.16 Å². The lowest BCUT2D eigenvalue weighted by Crippen LogP contribution is -2.01. The van der Waals surface area contributed by atoms with Crippen LogP contribution in [-0.2, 0) is 0 Å². The van der Waals surface area contributed by atoms with Crippen LogP contribution in [0.15, 0.2) is 17.4 Å². The zero-order valence-electron chi connectivity index (χ0n) is 7.90. The molecule has 0 aliphatic heterocycles. The summed E-state index contributed by atoms with van der Waals surface area (Å²) in [5, 5.41) is 9.82. The third-order valence-corrected chi connectivity index (χ3v) is 2.43. The highest BCUT2D eigenvalue weighted by Crippen LogP contribution is 2.13. The average Bonchev–Trinajstić information content (AvgIpc) is 2.03. The Morgan fingerprint density at radius 2 is 2.38 bits per heavy atom. The number of rotatable bonds is 4. The molecule has 0 radical (unpaired) electrons. The fourth-order valence-electron chi connectivity index (χ4n) is 0.816. The second kappa shape index (κ2) is 5.19. The highest BCUT2D eigenvalue weighted by Gasteiger charge is 1.99.